The molecule has 0 unspecified atom stereocenters. The molecule has 2 aliphatic rings. The lowest BCUT2D eigenvalue weighted by atomic mass is 10.00. The van der Waals surface area contributed by atoms with Crippen LogP contribution in [0.4, 0.5) is 8.78 Å². The van der Waals surface area contributed by atoms with E-state index in [4.69, 9.17) is 5.73 Å². The molecule has 3 N–H and O–H groups in total. The van der Waals surface area contributed by atoms with Gasteiger partial charge in [-0.05, 0) is 54.2 Å². The van der Waals surface area contributed by atoms with Crippen LogP contribution in [-0.4, -0.2) is 50.7 Å². The summed E-state index contributed by atoms with van der Waals surface area (Å²) in [5.74, 6) is -1.95. The Kier molecular flexibility index (Phi) is 7.74. The topological polar surface area (TPSA) is 100 Å². The van der Waals surface area contributed by atoms with Crippen LogP contribution in [0.1, 0.15) is 61.0 Å². The number of aromatic nitrogens is 3. The summed E-state index contributed by atoms with van der Waals surface area (Å²) in [5.41, 5.74) is 10.9. The van der Waals surface area contributed by atoms with Gasteiger partial charge in [0.1, 0.15) is 5.69 Å². The first-order valence-electron chi connectivity index (χ1n) is 13.1. The standard InChI is InChI=1S/C29H32F2N6O/c30-29(31)10-12-37(13-11-29)19-21-14-23(18-33-16-21)22-8-9-25-24(15-22)28(36-35-25)26(38)6-3-5-20-4-1-2-7-27(32)34-17-20/h1,4,8-9,14-18H,2-3,5-7,10-13,19H2,(H2,32,34)(H,35,36)/b4-1-,20-17+. The molecule has 0 atom stereocenters. The van der Waals surface area contributed by atoms with Gasteiger partial charge in [0.15, 0.2) is 5.78 Å². The summed E-state index contributed by atoms with van der Waals surface area (Å²) in [7, 11) is 0. The molecule has 0 saturated carbocycles. The number of pyridine rings is 1. The fourth-order valence-corrected chi connectivity index (χ4v) is 4.89. The van der Waals surface area contributed by atoms with Gasteiger partial charge in [0, 0.05) is 74.9 Å². The van der Waals surface area contributed by atoms with E-state index in [-0.39, 0.29) is 18.6 Å². The Morgan fingerprint density at radius 2 is 1.97 bits per heavy atom. The van der Waals surface area contributed by atoms with Crippen LogP contribution >= 0.6 is 0 Å². The maximum atomic E-state index is 13.5. The molecule has 1 fully saturated rings. The average molecular weight is 519 g/mol. The van der Waals surface area contributed by atoms with E-state index in [1.165, 1.54) is 0 Å². The number of fused-ring (bicyclic) bond motifs is 1. The molecule has 7 nitrogen and oxygen atoms in total. The zero-order valence-electron chi connectivity index (χ0n) is 21.3. The molecule has 0 amide bonds. The number of allylic oxidation sites excluding steroid dienone is 3. The molecular weight excluding hydrogens is 486 g/mol. The SMILES string of the molecule is NC1=N/C=C(CCCC(=O)c2n[nH]c3ccc(-c4cncc(CN5CCC(F)(F)CC5)c4)cc23)\C=C/CC1. The number of aromatic amines is 1. The molecule has 3 aromatic rings. The third kappa shape index (κ3) is 6.39. The van der Waals surface area contributed by atoms with Crippen LogP contribution in [0.3, 0.4) is 0 Å². The van der Waals surface area contributed by atoms with Gasteiger partial charge in [-0.2, -0.15) is 5.10 Å². The van der Waals surface area contributed by atoms with E-state index < -0.39 is 5.92 Å². The van der Waals surface area contributed by atoms with Gasteiger partial charge in [0.05, 0.1) is 11.4 Å². The molecule has 1 aromatic carbocycles. The van der Waals surface area contributed by atoms with Gasteiger partial charge < -0.3 is 5.73 Å². The highest BCUT2D eigenvalue weighted by Gasteiger charge is 2.33. The number of carbonyl (C=O) groups excluding carboxylic acids is 1. The lowest BCUT2D eigenvalue weighted by Crippen LogP contribution is -2.38. The Bertz CT molecular complexity index is 1400. The molecule has 9 heteroatoms. The molecule has 0 spiro atoms. The molecule has 5 rings (SSSR count). The zero-order valence-corrected chi connectivity index (χ0v) is 21.3. The zero-order chi connectivity index (χ0) is 26.5. The van der Waals surface area contributed by atoms with Crippen molar-refractivity contribution in [1.82, 2.24) is 20.1 Å². The Hall–Kier alpha value is -3.72. The van der Waals surface area contributed by atoms with E-state index in [1.54, 1.807) is 18.6 Å². The van der Waals surface area contributed by atoms with Crippen molar-refractivity contribution < 1.29 is 13.6 Å². The molecule has 2 aliphatic heterocycles. The van der Waals surface area contributed by atoms with E-state index in [9.17, 15) is 13.6 Å². The van der Waals surface area contributed by atoms with E-state index in [0.717, 1.165) is 52.4 Å². The van der Waals surface area contributed by atoms with Crippen molar-refractivity contribution in [2.45, 2.75) is 57.4 Å². The summed E-state index contributed by atoms with van der Waals surface area (Å²) < 4.78 is 27.0. The van der Waals surface area contributed by atoms with Crippen LogP contribution in [0, 0.1) is 0 Å². The van der Waals surface area contributed by atoms with Gasteiger partial charge in [-0.3, -0.25) is 19.8 Å². The second-order valence-electron chi connectivity index (χ2n) is 10.1. The highest BCUT2D eigenvalue weighted by Crippen LogP contribution is 2.30. The number of nitrogens with one attached hydrogen (secondary N) is 1. The highest BCUT2D eigenvalue weighted by molar-refractivity contribution is 6.06. The number of piperidine rings is 1. The second-order valence-corrected chi connectivity index (χ2v) is 10.1. The van der Waals surface area contributed by atoms with Gasteiger partial charge in [0.25, 0.3) is 5.92 Å². The van der Waals surface area contributed by atoms with Crippen molar-refractivity contribution in [2.24, 2.45) is 10.7 Å². The first-order chi connectivity index (χ1) is 18.4. The number of rotatable bonds is 8. The molecule has 0 radical (unpaired) electrons. The highest BCUT2D eigenvalue weighted by atomic mass is 19.3. The van der Waals surface area contributed by atoms with E-state index in [1.807, 2.05) is 29.2 Å². The molecule has 0 bridgehead atoms. The first-order valence-corrected chi connectivity index (χ1v) is 13.1. The largest absolute Gasteiger partial charge is 0.387 e. The quantitative estimate of drug-likeness (QED) is 0.367. The number of halogens is 2. The number of nitrogens with zero attached hydrogens (tertiary/aromatic N) is 4. The number of benzene rings is 1. The van der Waals surface area contributed by atoms with Crippen LogP contribution in [0.25, 0.3) is 22.0 Å². The number of ketones is 1. The van der Waals surface area contributed by atoms with Crippen molar-refractivity contribution in [3.63, 3.8) is 0 Å². The summed E-state index contributed by atoms with van der Waals surface area (Å²) in [5, 5.41) is 8.06. The van der Waals surface area contributed by atoms with Gasteiger partial charge in [-0.1, -0.05) is 18.2 Å². The lowest BCUT2D eigenvalue weighted by molar-refractivity contribution is -0.0566. The van der Waals surface area contributed by atoms with Gasteiger partial charge in [0.2, 0.25) is 0 Å². The molecular formula is C29H32F2N6O. The second kappa shape index (κ2) is 11.3. The minimum atomic E-state index is -2.56. The van der Waals surface area contributed by atoms with Crippen molar-refractivity contribution in [3.05, 3.63) is 71.8 Å². The molecule has 2 aromatic heterocycles. The van der Waals surface area contributed by atoms with Gasteiger partial charge in [-0.15, -0.1) is 0 Å². The minimum absolute atomic E-state index is 0.0133. The summed E-state index contributed by atoms with van der Waals surface area (Å²) in [6, 6.07) is 7.89. The summed E-state index contributed by atoms with van der Waals surface area (Å²) in [4.78, 5) is 23.8. The monoisotopic (exact) mass is 518 g/mol. The van der Waals surface area contributed by atoms with Crippen molar-refractivity contribution >= 4 is 22.5 Å². The van der Waals surface area contributed by atoms with Crippen LogP contribution in [0.15, 0.2) is 65.6 Å². The predicted octanol–water partition coefficient (Wildman–Crippen LogP) is 5.80. The summed E-state index contributed by atoms with van der Waals surface area (Å²) in [6.45, 7) is 1.33. The third-order valence-electron chi connectivity index (χ3n) is 7.11. The maximum Gasteiger partial charge on any atom is 0.250 e. The van der Waals surface area contributed by atoms with Crippen molar-refractivity contribution in [1.29, 1.82) is 0 Å². The number of aliphatic imine (C=N–C) groups is 1. The Morgan fingerprint density at radius 3 is 2.82 bits per heavy atom. The van der Waals surface area contributed by atoms with Crippen molar-refractivity contribution in [2.75, 3.05) is 13.1 Å². The number of hydrogen-bond acceptors (Lipinski definition) is 6. The molecule has 1 saturated heterocycles. The normalized spacial score (nSPS) is 20.3. The third-order valence-corrected chi connectivity index (χ3v) is 7.11. The van der Waals surface area contributed by atoms with E-state index in [2.05, 4.69) is 32.3 Å². The Morgan fingerprint density at radius 1 is 1.13 bits per heavy atom. The average Bonchev–Trinajstić information content (AvgIpc) is 3.33. The van der Waals surface area contributed by atoms with E-state index in [0.29, 0.717) is 44.0 Å². The first kappa shape index (κ1) is 25.9. The van der Waals surface area contributed by atoms with Crippen molar-refractivity contribution in [3.8, 4) is 11.1 Å². The molecule has 0 aliphatic carbocycles. The Balaban J connectivity index is 1.26. The number of carbonyl (C=O) groups is 1. The number of likely N-dealkylation sites (tertiary alicyclic amines) is 1. The van der Waals surface area contributed by atoms with Crippen LogP contribution in [0.2, 0.25) is 0 Å². The summed E-state index contributed by atoms with van der Waals surface area (Å²) in [6.07, 6.45) is 12.7. The fraction of sp³-hybridized carbons (Fsp3) is 0.379. The minimum Gasteiger partial charge on any atom is -0.387 e. The summed E-state index contributed by atoms with van der Waals surface area (Å²) >= 11 is 0. The predicted molar refractivity (Wildman–Crippen MR) is 145 cm³/mol. The Labute approximate surface area is 220 Å². The van der Waals surface area contributed by atoms with Gasteiger partial charge >= 0.3 is 0 Å². The van der Waals surface area contributed by atoms with Crippen LogP contribution in [0.5, 0.6) is 0 Å². The number of alkyl halides is 2. The molecule has 38 heavy (non-hydrogen) atoms. The van der Waals surface area contributed by atoms with Crippen LogP contribution < -0.4 is 5.73 Å². The number of Topliss-reactive ketones (excluding diaryl/α,β-unsaturated/α-hetero) is 1. The van der Waals surface area contributed by atoms with Gasteiger partial charge in [-0.25, -0.2) is 13.8 Å². The fourth-order valence-electron chi connectivity index (χ4n) is 4.89. The number of nitrogens with two attached hydrogens (primary N) is 1. The maximum absolute atomic E-state index is 13.5. The number of amidine groups is 1. The smallest absolute Gasteiger partial charge is 0.250 e. The molecule has 198 valence electrons. The number of H-pyrrole nitrogens is 1. The van der Waals surface area contributed by atoms with E-state index >= 15 is 0 Å². The number of hydrogen-bond donors (Lipinski definition) is 2. The molecule has 4 heterocycles. The lowest BCUT2D eigenvalue weighted by Gasteiger charge is -2.31. The van der Waals surface area contributed by atoms with Crippen LogP contribution in [-0.2, 0) is 6.54 Å².